The summed E-state index contributed by atoms with van der Waals surface area (Å²) in [7, 11) is 0. The van der Waals surface area contributed by atoms with Gasteiger partial charge in [-0.1, -0.05) is 23.2 Å². The first kappa shape index (κ1) is 23.3. The van der Waals surface area contributed by atoms with Crippen LogP contribution in [0.5, 0.6) is 11.5 Å². The lowest BCUT2D eigenvalue weighted by molar-refractivity contribution is -0.175. The molecule has 6 nitrogen and oxygen atoms in total. The van der Waals surface area contributed by atoms with Gasteiger partial charge in [0.15, 0.2) is 30.1 Å². The normalized spacial score (nSPS) is 28.6. The number of nitrogens with one attached hydrogen (secondary N) is 1. The summed E-state index contributed by atoms with van der Waals surface area (Å²) < 4.78 is 38.1. The number of rotatable bonds is 7. The van der Waals surface area contributed by atoms with Crippen LogP contribution in [0.25, 0.3) is 0 Å². The number of halogens is 4. The van der Waals surface area contributed by atoms with E-state index in [1.165, 1.54) is 6.07 Å². The molecule has 2 bridgehead atoms. The topological polar surface area (TPSA) is 84.9 Å². The van der Waals surface area contributed by atoms with E-state index in [4.69, 9.17) is 32.7 Å². The van der Waals surface area contributed by atoms with E-state index in [1.807, 2.05) is 0 Å². The molecule has 2 aromatic rings. The molecule has 0 aromatic heterocycles. The monoisotopic (exact) mass is 511 g/mol. The first-order valence-corrected chi connectivity index (χ1v) is 11.6. The largest absolute Gasteiger partial charge is 0.484 e. The zero-order valence-corrected chi connectivity index (χ0v) is 19.4. The lowest BCUT2D eigenvalue weighted by Gasteiger charge is -2.70. The van der Waals surface area contributed by atoms with E-state index in [0.717, 1.165) is 12.1 Å². The van der Waals surface area contributed by atoms with Gasteiger partial charge < -0.3 is 19.9 Å². The summed E-state index contributed by atoms with van der Waals surface area (Å²) >= 11 is 11.8. The van der Waals surface area contributed by atoms with Gasteiger partial charge in [-0.05, 0) is 42.9 Å². The summed E-state index contributed by atoms with van der Waals surface area (Å²) in [6.07, 6.45) is 0.178. The Balaban J connectivity index is 1.11. The predicted molar refractivity (Wildman–Crippen MR) is 119 cm³/mol. The van der Waals surface area contributed by atoms with Crippen LogP contribution in [-0.2, 0) is 9.59 Å². The van der Waals surface area contributed by atoms with Crippen molar-refractivity contribution in [3.8, 4) is 11.5 Å². The van der Waals surface area contributed by atoms with Gasteiger partial charge in [-0.3, -0.25) is 9.59 Å². The molecular formula is C24H21Cl2F2NO5. The second-order valence-electron chi connectivity index (χ2n) is 9.53. The Hall–Kier alpha value is -2.42. The van der Waals surface area contributed by atoms with Gasteiger partial charge in [0.1, 0.15) is 11.5 Å². The maximum Gasteiger partial charge on any atom is 0.258 e. The molecule has 1 heterocycles. The number of carbonyl (C=O) groups is 2. The molecule has 2 atom stereocenters. The Morgan fingerprint density at radius 2 is 1.82 bits per heavy atom. The molecule has 3 aliphatic carbocycles. The molecule has 180 valence electrons. The average Bonchev–Trinajstić information content (AvgIpc) is 2.73. The molecule has 0 spiro atoms. The molecular weight excluding hydrogens is 491 g/mol. The van der Waals surface area contributed by atoms with Crippen molar-refractivity contribution in [2.45, 2.75) is 49.9 Å². The average molecular weight is 512 g/mol. The maximum absolute atomic E-state index is 13.6. The van der Waals surface area contributed by atoms with Gasteiger partial charge >= 0.3 is 0 Å². The number of hydrogen-bond donors (Lipinski definition) is 2. The van der Waals surface area contributed by atoms with Gasteiger partial charge in [0.25, 0.3) is 5.91 Å². The van der Waals surface area contributed by atoms with Crippen LogP contribution in [0, 0.1) is 17.0 Å². The van der Waals surface area contributed by atoms with Crippen LogP contribution in [0.1, 0.15) is 43.8 Å². The van der Waals surface area contributed by atoms with Gasteiger partial charge in [0.2, 0.25) is 0 Å². The highest BCUT2D eigenvalue weighted by atomic mass is 35.5. The molecule has 4 aliphatic rings. The molecule has 0 unspecified atom stereocenters. The van der Waals surface area contributed by atoms with E-state index in [9.17, 15) is 23.5 Å². The first-order chi connectivity index (χ1) is 16.1. The summed E-state index contributed by atoms with van der Waals surface area (Å²) in [4.78, 5) is 25.2. The summed E-state index contributed by atoms with van der Waals surface area (Å²) in [6.45, 7) is -0.171. The van der Waals surface area contributed by atoms with Crippen LogP contribution in [0.3, 0.4) is 0 Å². The predicted octanol–water partition coefficient (Wildman–Crippen LogP) is 4.53. The Labute approximate surface area is 204 Å². The third kappa shape index (κ3) is 4.23. The van der Waals surface area contributed by atoms with E-state index >= 15 is 0 Å². The van der Waals surface area contributed by atoms with E-state index in [2.05, 4.69) is 5.32 Å². The fraction of sp³-hybridized carbons (Fsp3) is 0.417. The number of aliphatic hydroxyl groups excluding tert-OH is 1. The molecule has 6 rings (SSSR count). The van der Waals surface area contributed by atoms with E-state index < -0.39 is 23.8 Å². The second kappa shape index (κ2) is 8.36. The Morgan fingerprint density at radius 3 is 2.53 bits per heavy atom. The minimum Gasteiger partial charge on any atom is -0.484 e. The summed E-state index contributed by atoms with van der Waals surface area (Å²) in [5, 5.41) is 14.0. The molecule has 0 radical (unpaired) electrons. The number of aliphatic hydroxyl groups is 1. The number of fused-ring (bicyclic) bond motifs is 1. The van der Waals surface area contributed by atoms with Gasteiger partial charge in [0, 0.05) is 36.1 Å². The van der Waals surface area contributed by atoms with Crippen molar-refractivity contribution >= 4 is 34.9 Å². The van der Waals surface area contributed by atoms with E-state index in [-0.39, 0.29) is 53.4 Å². The van der Waals surface area contributed by atoms with Gasteiger partial charge in [-0.2, -0.15) is 0 Å². The van der Waals surface area contributed by atoms with Crippen molar-refractivity contribution in [1.82, 2.24) is 5.32 Å². The molecule has 1 aliphatic heterocycles. The van der Waals surface area contributed by atoms with Crippen molar-refractivity contribution in [1.29, 1.82) is 0 Å². The third-order valence-electron chi connectivity index (χ3n) is 6.83. The van der Waals surface area contributed by atoms with Crippen LogP contribution in [0.15, 0.2) is 30.3 Å². The summed E-state index contributed by atoms with van der Waals surface area (Å²) in [5.41, 5.74) is -0.408. The number of hydrogen-bond acceptors (Lipinski definition) is 5. The Morgan fingerprint density at radius 1 is 1.12 bits per heavy atom. The van der Waals surface area contributed by atoms with Gasteiger partial charge in [-0.15, -0.1) is 0 Å². The van der Waals surface area contributed by atoms with Gasteiger partial charge in [0.05, 0.1) is 16.1 Å². The summed E-state index contributed by atoms with van der Waals surface area (Å²) in [5.74, 6) is -2.22. The molecule has 2 aromatic carbocycles. The van der Waals surface area contributed by atoms with Crippen LogP contribution >= 0.6 is 23.2 Å². The molecule has 2 N–H and O–H groups in total. The molecule has 3 saturated carbocycles. The molecule has 0 saturated heterocycles. The maximum atomic E-state index is 13.6. The van der Waals surface area contributed by atoms with Crippen molar-refractivity contribution in [3.63, 3.8) is 0 Å². The van der Waals surface area contributed by atoms with Crippen molar-refractivity contribution < 1.29 is 33.0 Å². The van der Waals surface area contributed by atoms with Gasteiger partial charge in [-0.25, -0.2) is 8.78 Å². The second-order valence-corrected chi connectivity index (χ2v) is 10.3. The Bertz CT molecular complexity index is 1170. The van der Waals surface area contributed by atoms with Crippen LogP contribution in [0.2, 0.25) is 10.0 Å². The smallest absolute Gasteiger partial charge is 0.258 e. The fourth-order valence-corrected chi connectivity index (χ4v) is 5.77. The van der Waals surface area contributed by atoms with Crippen LogP contribution in [0.4, 0.5) is 8.78 Å². The molecule has 34 heavy (non-hydrogen) atoms. The Kier molecular flexibility index (Phi) is 5.73. The highest BCUT2D eigenvalue weighted by Gasteiger charge is 2.68. The van der Waals surface area contributed by atoms with Crippen LogP contribution in [-0.4, -0.2) is 35.0 Å². The highest BCUT2D eigenvalue weighted by Crippen LogP contribution is 2.69. The van der Waals surface area contributed by atoms with E-state index in [0.29, 0.717) is 35.1 Å². The highest BCUT2D eigenvalue weighted by molar-refractivity contribution is 6.42. The van der Waals surface area contributed by atoms with Crippen LogP contribution < -0.4 is 14.8 Å². The molecule has 1 amide bonds. The first-order valence-electron chi connectivity index (χ1n) is 10.8. The van der Waals surface area contributed by atoms with Crippen molar-refractivity contribution in [2.24, 2.45) is 5.41 Å². The zero-order valence-electron chi connectivity index (χ0n) is 17.9. The third-order valence-corrected chi connectivity index (χ3v) is 7.57. The lowest BCUT2D eigenvalue weighted by Crippen LogP contribution is -2.75. The standard InChI is InChI=1S/C24H21Cl2F2NO5/c25-14-2-1-12(3-15(14)26)33-8-22(32)29-24-9-23(10-24,11-24)7-19(31)21-6-18(30)13-4-16(27)17(28)5-20(13)34-21/h1-5,18,21,30H,6-11H2,(H,29,32)/t18-,21-,23?,24?/m1/s1. The zero-order chi connectivity index (χ0) is 24.3. The summed E-state index contributed by atoms with van der Waals surface area (Å²) in [6, 6.07) is 6.50. The minimum absolute atomic E-state index is 0.0130. The van der Waals surface area contributed by atoms with Crippen molar-refractivity contribution in [3.05, 3.63) is 57.6 Å². The molecule has 10 heteroatoms. The fourth-order valence-electron chi connectivity index (χ4n) is 5.48. The molecule has 3 fully saturated rings. The van der Waals surface area contributed by atoms with E-state index in [1.54, 1.807) is 12.1 Å². The lowest BCUT2D eigenvalue weighted by atomic mass is 9.38. The number of carbonyl (C=O) groups excluding carboxylic acids is 2. The SMILES string of the molecule is O=C(COc1ccc(Cl)c(Cl)c1)NC12CC(CC(=O)[C@H]3C[C@@H](O)c4cc(F)c(F)cc4O3)(C1)C2. The number of amides is 1. The quantitative estimate of drug-likeness (QED) is 0.570. The number of Topliss-reactive ketones (excluding diaryl/α,β-unsaturated/α-hetero) is 1. The number of ether oxygens (including phenoxy) is 2. The minimum atomic E-state index is -1.11. The number of benzene rings is 2. The number of ketones is 1. The van der Waals surface area contributed by atoms with Crippen molar-refractivity contribution in [2.75, 3.05) is 6.61 Å².